The first-order valence-electron chi connectivity index (χ1n) is 23.6. The number of aliphatic carboxylic acids is 1. The van der Waals surface area contributed by atoms with E-state index >= 15 is 0 Å². The van der Waals surface area contributed by atoms with E-state index in [0.717, 1.165) is 16.0 Å². The second-order valence-electron chi connectivity index (χ2n) is 16.8. The Morgan fingerprint density at radius 3 is 1.30 bits per heavy atom. The predicted octanol–water partition coefficient (Wildman–Crippen LogP) is 9.27. The van der Waals surface area contributed by atoms with E-state index in [0.29, 0.717) is 12.8 Å². The van der Waals surface area contributed by atoms with Gasteiger partial charge < -0.3 is 33.9 Å². The van der Waals surface area contributed by atoms with Gasteiger partial charge in [-0.2, -0.15) is 0 Å². The molecule has 0 heterocycles. The second-order valence-corrected chi connectivity index (χ2v) is 16.8. The number of nitrogens with zero attached hydrogens (tertiary/aromatic N) is 2. The zero-order valence-electron chi connectivity index (χ0n) is 45.3. The summed E-state index contributed by atoms with van der Waals surface area (Å²) in [6, 6.07) is 16.8. The van der Waals surface area contributed by atoms with Gasteiger partial charge in [0.2, 0.25) is 0 Å². The zero-order chi connectivity index (χ0) is 53.7. The van der Waals surface area contributed by atoms with Gasteiger partial charge in [0.15, 0.2) is 6.10 Å². The van der Waals surface area contributed by atoms with Crippen LogP contribution in [0.1, 0.15) is 128 Å². The van der Waals surface area contributed by atoms with E-state index in [-0.39, 0.29) is 33.9 Å². The maximum absolute atomic E-state index is 12.7. The third kappa shape index (κ3) is 25.3. The Morgan fingerprint density at radius 1 is 0.617 bits per heavy atom. The molecule has 0 radical (unpaired) electrons. The van der Waals surface area contributed by atoms with Gasteiger partial charge >= 0.3 is 36.1 Å². The number of aliphatic hydroxyl groups is 1. The lowest BCUT2D eigenvalue weighted by molar-refractivity contribution is -0.170. The molecule has 2 rings (SSSR count). The summed E-state index contributed by atoms with van der Waals surface area (Å²) >= 11 is 0. The number of esters is 3. The van der Waals surface area contributed by atoms with Gasteiger partial charge in [-0.05, 0) is 91.2 Å². The Labute approximate surface area is 371 Å². The molecule has 350 valence electrons. The van der Waals surface area contributed by atoms with Crippen molar-refractivity contribution in [2.45, 2.75) is 152 Å². The molecule has 2 N–H and O–H groups in total. The third-order valence-electron chi connectivity index (χ3n) is 7.66. The van der Waals surface area contributed by atoms with Crippen molar-refractivity contribution >= 4 is 36.1 Å². The minimum atomic E-state index is -1.09. The van der Waals surface area contributed by atoms with Crippen molar-refractivity contribution in [1.82, 2.24) is 9.80 Å². The number of benzene rings is 2. The number of carboxylic acids is 1. The first-order valence-corrected chi connectivity index (χ1v) is 19.6. The van der Waals surface area contributed by atoms with Crippen LogP contribution in [-0.2, 0) is 56.1 Å². The molecule has 0 saturated heterocycles. The summed E-state index contributed by atoms with van der Waals surface area (Å²) < 4.78 is 65.8. The lowest BCUT2D eigenvalue weighted by atomic mass is 10.0. The summed E-state index contributed by atoms with van der Waals surface area (Å²) in [6.45, 7) is 21.3. The number of hydrogen-bond acceptors (Lipinski definition) is 12. The Kier molecular flexibility index (Phi) is 22.6. The van der Waals surface area contributed by atoms with Crippen LogP contribution in [0, 0.1) is 11.8 Å². The van der Waals surface area contributed by atoms with Crippen LogP contribution in [0.3, 0.4) is 0 Å². The number of aliphatic hydroxyl groups excluding tert-OH is 1. The molecular formula is C45H82N2O13. The van der Waals surface area contributed by atoms with Crippen molar-refractivity contribution in [2.24, 2.45) is 11.8 Å². The molecule has 0 aliphatic heterocycles. The number of hydrogen-bond donors (Lipinski definition) is 2. The smallest absolute Gasteiger partial charge is 0.410 e. The lowest BCUT2D eigenvalue weighted by Gasteiger charge is -2.30. The molecule has 2 amide bonds. The summed E-state index contributed by atoms with van der Waals surface area (Å²) in [6.07, 6.45) is -2.59. The normalized spacial score (nSPS) is 13.4. The van der Waals surface area contributed by atoms with E-state index in [4.69, 9.17) is 45.8 Å². The average molecular weight is 868 g/mol. The van der Waals surface area contributed by atoms with Crippen molar-refractivity contribution < 1.29 is 76.0 Å². The molecule has 2 aromatic carbocycles. The molecule has 15 heteroatoms. The van der Waals surface area contributed by atoms with Gasteiger partial charge in [0.05, 0.1) is 0 Å². The molecule has 0 aliphatic rings. The van der Waals surface area contributed by atoms with Gasteiger partial charge in [-0.1, -0.05) is 95.8 Å². The minimum Gasteiger partial charge on any atom is -0.480 e. The lowest BCUT2D eigenvalue weighted by Crippen LogP contribution is -2.47. The number of ether oxygens (including phenoxy) is 5. The largest absolute Gasteiger partial charge is 0.480 e. The fourth-order valence-corrected chi connectivity index (χ4v) is 4.65. The predicted molar refractivity (Wildman–Crippen MR) is 239 cm³/mol. The van der Waals surface area contributed by atoms with E-state index in [9.17, 15) is 28.8 Å². The molecule has 15 nitrogen and oxygen atoms in total. The monoisotopic (exact) mass is 868 g/mol. The highest BCUT2D eigenvalue weighted by molar-refractivity contribution is 5.84. The highest BCUT2D eigenvalue weighted by Gasteiger charge is 2.34. The SMILES string of the molecule is C.CC(C)C[C@@H](C(=O)O)N(C)C(=O)OC(C)(C)C.CC(C)C[C@@H](C(=O)O[C@H](C)C(=O)OCc1ccccc1)N(C)C(=O)OC(C)(C)C.C[C@H](O)C(=O)OCc1ccccc1.[2HH].[2H][2H].[2H][2H].[2H][2H].[2H][2H]. The van der Waals surface area contributed by atoms with Crippen molar-refractivity contribution in [3.05, 3.63) is 71.8 Å². The minimum absolute atomic E-state index is 0. The third-order valence-corrected chi connectivity index (χ3v) is 7.66. The first kappa shape index (κ1) is 49.2. The molecule has 0 saturated carbocycles. The molecule has 60 heavy (non-hydrogen) atoms. The van der Waals surface area contributed by atoms with Crippen LogP contribution in [-0.4, -0.2) is 106 Å². The van der Waals surface area contributed by atoms with E-state index in [2.05, 4.69) is 0 Å². The number of carboxylic acid groups (broad SMARTS) is 1. The Hall–Kier alpha value is -5.18. The Balaban J connectivity index is -0.000000164. The van der Waals surface area contributed by atoms with Gasteiger partial charge in [0, 0.05) is 27.4 Å². The van der Waals surface area contributed by atoms with Gasteiger partial charge in [-0.25, -0.2) is 28.8 Å². The molecule has 4 atom stereocenters. The van der Waals surface area contributed by atoms with Crippen LogP contribution in [0.4, 0.5) is 9.59 Å². The maximum atomic E-state index is 12.7. The van der Waals surface area contributed by atoms with Gasteiger partial charge in [0.25, 0.3) is 0 Å². The summed E-state index contributed by atoms with van der Waals surface area (Å²) in [5.74, 6) is -2.60. The van der Waals surface area contributed by atoms with Crippen LogP contribution in [0.5, 0.6) is 0 Å². The van der Waals surface area contributed by atoms with Crippen LogP contribution < -0.4 is 0 Å². The number of likely N-dealkylation sites (N-methyl/N-ethyl adjacent to an activating group) is 2. The fourth-order valence-electron chi connectivity index (χ4n) is 4.65. The second kappa shape index (κ2) is 27.6. The molecule has 2 aromatic rings. The standard InChI is InChI=1S/C22H33NO6.C12H23NO4.C10H12O3.CH4.5H2/c1-15(2)13-18(23(7)21(26)29-22(4,5)6)20(25)28-16(3)19(24)27-14-17-11-9-8-10-12-17;1-8(2)7-9(10(14)15)13(6)11(16)17-12(3,4)5;1-8(11)10(12)13-7-9-5-3-2-4-6-9;;;;;;/h8-12,15-16,18H,13-14H2,1-7H3;8-9H,7H2,1-6H3,(H,14,15);2-6,8,11H,7H2,1H3;1H4;5*1H/t16-,18+;9-;8-;;;;;;/m100....../s1/i;;;;4*1+1D;1+1. The topological polar surface area (TPSA) is 196 Å². The number of carbonyl (C=O) groups excluding carboxylic acids is 5. The summed E-state index contributed by atoms with van der Waals surface area (Å²) in [5.41, 5.74) is 0.441. The number of rotatable bonds is 15. The highest BCUT2D eigenvalue weighted by atomic mass is 16.6. The molecule has 0 unspecified atom stereocenters. The van der Waals surface area contributed by atoms with Crippen molar-refractivity contribution in [3.8, 4) is 0 Å². The fraction of sp³-hybridized carbons (Fsp3) is 0.600. The van der Waals surface area contributed by atoms with E-state index in [1.807, 2.05) is 88.4 Å². The number of carbonyl (C=O) groups is 6. The summed E-state index contributed by atoms with van der Waals surface area (Å²) in [7, 11) is 2.94. The van der Waals surface area contributed by atoms with Crippen molar-refractivity contribution in [1.29, 1.82) is 0 Å². The average Bonchev–Trinajstić information content (AvgIpc) is 3.27. The van der Waals surface area contributed by atoms with E-state index < -0.39 is 71.6 Å². The molecule has 0 aliphatic carbocycles. The van der Waals surface area contributed by atoms with Crippen molar-refractivity contribution in [3.63, 3.8) is 0 Å². The van der Waals surface area contributed by atoms with Gasteiger partial charge in [-0.15, -0.1) is 0 Å². The van der Waals surface area contributed by atoms with Crippen LogP contribution in [0.2, 0.25) is 0 Å². The summed E-state index contributed by atoms with van der Waals surface area (Å²) in [5, 5.41) is 17.9. The molecule has 0 bridgehead atoms. The van der Waals surface area contributed by atoms with E-state index in [1.54, 1.807) is 41.5 Å². The Bertz CT molecular complexity index is 1620. The number of amides is 2. The molecular weight excluding hydrogens is 776 g/mol. The zero-order valence-corrected chi connectivity index (χ0v) is 37.3. The Morgan fingerprint density at radius 2 is 0.967 bits per heavy atom. The maximum Gasteiger partial charge on any atom is 0.410 e. The summed E-state index contributed by atoms with van der Waals surface area (Å²) in [4.78, 5) is 73.3. The van der Waals surface area contributed by atoms with Crippen LogP contribution in [0.25, 0.3) is 0 Å². The first-order chi connectivity index (χ1) is 31.1. The van der Waals surface area contributed by atoms with Gasteiger partial charge in [0.1, 0.15) is 42.6 Å². The molecule has 0 spiro atoms. The molecule has 0 fully saturated rings. The molecule has 0 aromatic heterocycles. The van der Waals surface area contributed by atoms with Gasteiger partial charge in [-0.3, -0.25) is 9.80 Å². The van der Waals surface area contributed by atoms with Crippen LogP contribution >= 0.6 is 0 Å². The quantitative estimate of drug-likeness (QED) is 0.127. The highest BCUT2D eigenvalue weighted by Crippen LogP contribution is 2.18. The van der Waals surface area contributed by atoms with E-state index in [1.165, 1.54) is 32.8 Å². The van der Waals surface area contributed by atoms with Crippen LogP contribution in [0.15, 0.2) is 60.7 Å². The van der Waals surface area contributed by atoms with Crippen molar-refractivity contribution in [2.75, 3.05) is 14.1 Å².